The molecule has 3 aromatic heterocycles. The number of aromatic nitrogens is 2. The molecule has 0 atom stereocenters. The lowest BCUT2D eigenvalue weighted by Crippen LogP contribution is -2.42. The third-order valence-corrected chi connectivity index (χ3v) is 6.19. The Morgan fingerprint density at radius 2 is 1.86 bits per heavy atom. The molecule has 6 nitrogen and oxygen atoms in total. The number of rotatable bonds is 5. The van der Waals surface area contributed by atoms with Gasteiger partial charge in [-0.2, -0.15) is 11.3 Å². The highest BCUT2D eigenvalue weighted by molar-refractivity contribution is 7.98. The van der Waals surface area contributed by atoms with Crippen LogP contribution in [0.2, 0.25) is 0 Å². The van der Waals surface area contributed by atoms with Crippen molar-refractivity contribution in [3.8, 4) is 0 Å². The van der Waals surface area contributed by atoms with Crippen LogP contribution in [0.3, 0.4) is 0 Å². The lowest BCUT2D eigenvalue weighted by Gasteiger charge is -2.11. The Hall–Kier alpha value is -3.10. The van der Waals surface area contributed by atoms with Crippen LogP contribution >= 0.6 is 23.1 Å². The molecule has 8 heteroatoms. The number of amides is 2. The number of imidazole rings is 1. The van der Waals surface area contributed by atoms with Gasteiger partial charge in [-0.15, -0.1) is 11.8 Å². The van der Waals surface area contributed by atoms with Gasteiger partial charge >= 0.3 is 0 Å². The number of thiophene rings is 1. The van der Waals surface area contributed by atoms with E-state index in [-0.39, 0.29) is 5.91 Å². The van der Waals surface area contributed by atoms with Crippen LogP contribution in [0.1, 0.15) is 32.1 Å². The van der Waals surface area contributed by atoms with Crippen molar-refractivity contribution in [2.45, 2.75) is 17.6 Å². The van der Waals surface area contributed by atoms with Crippen molar-refractivity contribution in [2.75, 3.05) is 0 Å². The van der Waals surface area contributed by atoms with E-state index >= 15 is 0 Å². The van der Waals surface area contributed by atoms with Crippen molar-refractivity contribution in [3.63, 3.8) is 0 Å². The fraction of sp³-hybridized carbons (Fsp3) is 0.0952. The van der Waals surface area contributed by atoms with Gasteiger partial charge in [0, 0.05) is 16.8 Å². The fourth-order valence-corrected chi connectivity index (χ4v) is 4.71. The van der Waals surface area contributed by atoms with Crippen LogP contribution in [0.15, 0.2) is 70.4 Å². The summed E-state index contributed by atoms with van der Waals surface area (Å²) >= 11 is 3.24. The minimum absolute atomic E-state index is 0.363. The maximum atomic E-state index is 12.7. The van der Waals surface area contributed by atoms with Crippen LogP contribution in [-0.2, 0) is 5.75 Å². The van der Waals surface area contributed by atoms with Crippen molar-refractivity contribution in [1.29, 1.82) is 0 Å². The molecule has 29 heavy (non-hydrogen) atoms. The molecule has 0 spiro atoms. The zero-order valence-corrected chi connectivity index (χ0v) is 17.2. The molecule has 2 N–H and O–H groups in total. The Balaban J connectivity index is 1.46. The summed E-state index contributed by atoms with van der Waals surface area (Å²) in [5.74, 6) is -0.00237. The summed E-state index contributed by atoms with van der Waals surface area (Å²) in [5.41, 5.74) is 8.42. The first-order chi connectivity index (χ1) is 14.1. The summed E-state index contributed by atoms with van der Waals surface area (Å²) < 4.78 is 1.70. The summed E-state index contributed by atoms with van der Waals surface area (Å²) in [4.78, 5) is 30.6. The number of hydrogen-bond acceptors (Lipinski definition) is 5. The van der Waals surface area contributed by atoms with Crippen LogP contribution < -0.4 is 10.9 Å². The second kappa shape index (κ2) is 8.50. The van der Waals surface area contributed by atoms with E-state index in [4.69, 9.17) is 0 Å². The van der Waals surface area contributed by atoms with Gasteiger partial charge in [-0.3, -0.25) is 24.8 Å². The molecule has 0 saturated heterocycles. The highest BCUT2D eigenvalue weighted by Gasteiger charge is 2.18. The fourth-order valence-electron chi connectivity index (χ4n) is 2.94. The van der Waals surface area contributed by atoms with E-state index in [1.54, 1.807) is 52.8 Å². The summed E-state index contributed by atoms with van der Waals surface area (Å²) in [6.07, 6.45) is 1.77. The molecule has 0 aliphatic carbocycles. The first-order valence-corrected chi connectivity index (χ1v) is 10.8. The number of pyridine rings is 1. The van der Waals surface area contributed by atoms with Gasteiger partial charge in [0.25, 0.3) is 11.8 Å². The zero-order valence-electron chi connectivity index (χ0n) is 15.6. The average Bonchev–Trinajstić information content (AvgIpc) is 3.37. The molecule has 146 valence electrons. The number of carbonyl (C=O) groups is 2. The Morgan fingerprint density at radius 1 is 1.07 bits per heavy atom. The lowest BCUT2D eigenvalue weighted by molar-refractivity contribution is 0.0841. The average molecular weight is 423 g/mol. The molecule has 0 bridgehead atoms. The zero-order chi connectivity index (χ0) is 20.2. The highest BCUT2D eigenvalue weighted by atomic mass is 32.2. The quantitative estimate of drug-likeness (QED) is 0.376. The van der Waals surface area contributed by atoms with Crippen molar-refractivity contribution in [2.24, 2.45) is 0 Å². The van der Waals surface area contributed by atoms with Crippen molar-refractivity contribution < 1.29 is 9.59 Å². The second-order valence-electron chi connectivity index (χ2n) is 6.30. The summed E-state index contributed by atoms with van der Waals surface area (Å²) in [6, 6.07) is 14.9. The summed E-state index contributed by atoms with van der Waals surface area (Å²) in [7, 11) is 0. The Morgan fingerprint density at radius 3 is 2.69 bits per heavy atom. The Kier molecular flexibility index (Phi) is 5.64. The van der Waals surface area contributed by atoms with Crippen molar-refractivity contribution in [1.82, 2.24) is 20.2 Å². The molecule has 2 amide bonds. The number of nitrogens with one attached hydrogen (secondary N) is 2. The van der Waals surface area contributed by atoms with Crippen LogP contribution in [-0.4, -0.2) is 21.2 Å². The van der Waals surface area contributed by atoms with Gasteiger partial charge in [-0.1, -0.05) is 18.2 Å². The molecule has 0 saturated carbocycles. The van der Waals surface area contributed by atoms with Gasteiger partial charge in [0.1, 0.15) is 11.3 Å². The molecule has 4 rings (SSSR count). The third-order valence-electron chi connectivity index (χ3n) is 4.31. The molecule has 0 aliphatic heterocycles. The van der Waals surface area contributed by atoms with Crippen LogP contribution in [0.5, 0.6) is 0 Å². The molecule has 0 radical (unpaired) electrons. The minimum Gasteiger partial charge on any atom is -0.295 e. The van der Waals surface area contributed by atoms with E-state index in [1.165, 1.54) is 5.56 Å². The minimum atomic E-state index is -0.419. The van der Waals surface area contributed by atoms with Gasteiger partial charge in [0.05, 0.1) is 11.3 Å². The largest absolute Gasteiger partial charge is 0.295 e. The standard InChI is InChI=1S/C21H18N4O2S2/c1-14-19(25-10-5-4-8-18(25)22-14)21(27)24-23-20(26)16-6-2-3-7-17(16)29-13-15-9-11-28-12-15/h2-12H,13H2,1H3,(H,23,26)(H,24,27). The monoisotopic (exact) mass is 422 g/mol. The van der Waals surface area contributed by atoms with E-state index in [0.717, 1.165) is 10.6 Å². The number of aryl methyl sites for hydroxylation is 1. The maximum absolute atomic E-state index is 12.7. The van der Waals surface area contributed by atoms with Crippen LogP contribution in [0, 0.1) is 6.92 Å². The highest BCUT2D eigenvalue weighted by Crippen LogP contribution is 2.27. The molecular weight excluding hydrogens is 404 g/mol. The molecule has 0 fully saturated rings. The SMILES string of the molecule is Cc1nc2ccccn2c1C(=O)NNC(=O)c1ccccc1SCc1ccsc1. The molecule has 1 aromatic carbocycles. The number of nitrogens with zero attached hydrogens (tertiary/aromatic N) is 2. The number of benzene rings is 1. The van der Waals surface area contributed by atoms with E-state index in [2.05, 4.69) is 27.3 Å². The molecule has 0 aliphatic rings. The molecular formula is C21H18N4O2S2. The predicted octanol–water partition coefficient (Wildman–Crippen LogP) is 4.07. The summed E-state index contributed by atoms with van der Waals surface area (Å²) in [6.45, 7) is 1.76. The summed E-state index contributed by atoms with van der Waals surface area (Å²) in [5, 5.41) is 4.13. The van der Waals surface area contributed by atoms with Gasteiger partial charge in [-0.05, 0) is 53.6 Å². The van der Waals surface area contributed by atoms with E-state index < -0.39 is 5.91 Å². The van der Waals surface area contributed by atoms with E-state index in [0.29, 0.717) is 22.6 Å². The predicted molar refractivity (Wildman–Crippen MR) is 115 cm³/mol. The van der Waals surface area contributed by atoms with Gasteiger partial charge in [-0.25, -0.2) is 4.98 Å². The van der Waals surface area contributed by atoms with Gasteiger partial charge < -0.3 is 0 Å². The van der Waals surface area contributed by atoms with Crippen molar-refractivity contribution in [3.05, 3.63) is 88.0 Å². The second-order valence-corrected chi connectivity index (χ2v) is 8.10. The van der Waals surface area contributed by atoms with E-state index in [1.807, 2.05) is 35.7 Å². The smallest absolute Gasteiger partial charge is 0.288 e. The normalized spacial score (nSPS) is 10.8. The van der Waals surface area contributed by atoms with Crippen LogP contribution in [0.25, 0.3) is 5.65 Å². The molecule has 3 heterocycles. The lowest BCUT2D eigenvalue weighted by atomic mass is 10.2. The number of hydrazine groups is 1. The number of thioether (sulfide) groups is 1. The van der Waals surface area contributed by atoms with Crippen molar-refractivity contribution >= 4 is 40.6 Å². The van der Waals surface area contributed by atoms with Crippen LogP contribution in [0.4, 0.5) is 0 Å². The third kappa shape index (κ3) is 4.18. The van der Waals surface area contributed by atoms with Gasteiger partial charge in [0.15, 0.2) is 0 Å². The number of fused-ring (bicyclic) bond motifs is 1. The Bertz CT molecular complexity index is 1170. The number of carbonyl (C=O) groups excluding carboxylic acids is 2. The Labute approximate surface area is 175 Å². The molecule has 0 unspecified atom stereocenters. The number of hydrogen-bond donors (Lipinski definition) is 2. The van der Waals surface area contributed by atoms with Gasteiger partial charge in [0.2, 0.25) is 0 Å². The molecule has 4 aromatic rings. The first-order valence-electron chi connectivity index (χ1n) is 8.91. The first kappa shape index (κ1) is 19.2. The van der Waals surface area contributed by atoms with E-state index in [9.17, 15) is 9.59 Å². The topological polar surface area (TPSA) is 75.5 Å². The maximum Gasteiger partial charge on any atom is 0.288 e.